The van der Waals surface area contributed by atoms with Crippen molar-refractivity contribution in [3.05, 3.63) is 29.2 Å². The molecule has 3 rings (SSSR count). The highest BCUT2D eigenvalue weighted by Crippen LogP contribution is 2.26. The second-order valence-corrected chi connectivity index (χ2v) is 6.63. The van der Waals surface area contributed by atoms with Gasteiger partial charge in [0.1, 0.15) is 5.82 Å². The number of piperidine rings is 1. The van der Waals surface area contributed by atoms with Gasteiger partial charge in [-0.05, 0) is 32.1 Å². The summed E-state index contributed by atoms with van der Waals surface area (Å²) in [4.78, 5) is 18.7. The first-order valence-corrected chi connectivity index (χ1v) is 8.16. The average molecular weight is 317 g/mol. The Bertz CT molecular complexity index is 668. The third-order valence-corrected chi connectivity index (χ3v) is 4.15. The highest BCUT2D eigenvalue weighted by atomic mass is 16.5. The molecule has 124 valence electrons. The van der Waals surface area contributed by atoms with E-state index in [-0.39, 0.29) is 5.91 Å². The second-order valence-electron chi connectivity index (χ2n) is 6.63. The number of amides is 1. The van der Waals surface area contributed by atoms with Crippen LogP contribution in [0.2, 0.25) is 0 Å². The van der Waals surface area contributed by atoms with E-state index in [1.807, 2.05) is 11.8 Å². The van der Waals surface area contributed by atoms with Gasteiger partial charge in [-0.1, -0.05) is 19.0 Å². The zero-order valence-corrected chi connectivity index (χ0v) is 13.9. The molecular weight excluding hydrogens is 294 g/mol. The van der Waals surface area contributed by atoms with Crippen LogP contribution in [-0.4, -0.2) is 44.2 Å². The van der Waals surface area contributed by atoms with Crippen molar-refractivity contribution in [1.82, 2.24) is 25.2 Å². The Morgan fingerprint density at radius 2 is 2.17 bits per heavy atom. The molecule has 1 fully saturated rings. The monoisotopic (exact) mass is 317 g/mol. The highest BCUT2D eigenvalue weighted by Gasteiger charge is 2.28. The van der Waals surface area contributed by atoms with Gasteiger partial charge in [0.05, 0.1) is 5.69 Å². The van der Waals surface area contributed by atoms with Crippen molar-refractivity contribution in [3.63, 3.8) is 0 Å². The molecule has 3 heterocycles. The second kappa shape index (κ2) is 6.52. The summed E-state index contributed by atoms with van der Waals surface area (Å²) >= 11 is 0. The highest BCUT2D eigenvalue weighted by molar-refractivity contribution is 5.91. The molecule has 1 aliphatic heterocycles. The summed E-state index contributed by atoms with van der Waals surface area (Å²) in [7, 11) is 0. The molecule has 0 atom stereocenters. The number of carbonyl (C=O) groups excluding carboxylic acids is 1. The lowest BCUT2D eigenvalue weighted by Crippen LogP contribution is -2.38. The summed E-state index contributed by atoms with van der Waals surface area (Å²) < 4.78 is 5.22. The first-order valence-electron chi connectivity index (χ1n) is 8.16. The number of rotatable bonds is 4. The fourth-order valence-electron chi connectivity index (χ4n) is 2.97. The van der Waals surface area contributed by atoms with E-state index in [0.717, 1.165) is 36.6 Å². The number of carbonyl (C=O) groups is 1. The molecule has 23 heavy (non-hydrogen) atoms. The zero-order valence-electron chi connectivity index (χ0n) is 13.9. The molecule has 7 heteroatoms. The number of nitrogens with one attached hydrogen (secondary N) is 1. The Labute approximate surface area is 135 Å². The lowest BCUT2D eigenvalue weighted by Gasteiger charge is -2.29. The molecule has 2 aromatic rings. The summed E-state index contributed by atoms with van der Waals surface area (Å²) in [6.45, 7) is 7.51. The van der Waals surface area contributed by atoms with Crippen LogP contribution in [0.25, 0.3) is 0 Å². The molecule has 0 spiro atoms. The fraction of sp³-hybridized carbons (Fsp3) is 0.625. The maximum Gasteiger partial charge on any atom is 0.292 e. The quantitative estimate of drug-likeness (QED) is 0.935. The maximum absolute atomic E-state index is 12.5. The van der Waals surface area contributed by atoms with Crippen molar-refractivity contribution in [1.29, 1.82) is 0 Å². The summed E-state index contributed by atoms with van der Waals surface area (Å²) in [5.41, 5.74) is 0.842. The van der Waals surface area contributed by atoms with Crippen molar-refractivity contribution in [2.75, 3.05) is 13.1 Å². The van der Waals surface area contributed by atoms with Crippen LogP contribution in [0.4, 0.5) is 0 Å². The molecule has 1 aliphatic rings. The van der Waals surface area contributed by atoms with Crippen molar-refractivity contribution in [3.8, 4) is 0 Å². The maximum atomic E-state index is 12.5. The minimum Gasteiger partial charge on any atom is -0.351 e. The van der Waals surface area contributed by atoms with Gasteiger partial charge < -0.3 is 9.42 Å². The predicted octanol–water partition coefficient (Wildman–Crippen LogP) is 2.32. The van der Waals surface area contributed by atoms with Gasteiger partial charge in [0, 0.05) is 25.1 Å². The van der Waals surface area contributed by atoms with Gasteiger partial charge >= 0.3 is 0 Å². The number of aromatic nitrogens is 4. The molecule has 2 aromatic heterocycles. The Morgan fingerprint density at radius 3 is 2.78 bits per heavy atom. The third-order valence-electron chi connectivity index (χ3n) is 4.15. The smallest absolute Gasteiger partial charge is 0.292 e. The normalized spacial score (nSPS) is 16.3. The standard InChI is InChI=1S/C16H23N5O2/c1-10(2)8-13-9-14(23-20-13)16(22)21-6-4-12(5-7-21)15-17-11(3)18-19-15/h9-10,12H,4-8H2,1-3H3,(H,17,18,19). The Balaban J connectivity index is 1.58. The van der Waals surface area contributed by atoms with E-state index in [4.69, 9.17) is 4.52 Å². The Morgan fingerprint density at radius 1 is 1.43 bits per heavy atom. The van der Waals surface area contributed by atoms with Gasteiger partial charge in [-0.25, -0.2) is 4.98 Å². The molecule has 1 amide bonds. The van der Waals surface area contributed by atoms with Crippen molar-refractivity contribution in [2.24, 2.45) is 5.92 Å². The van der Waals surface area contributed by atoms with Crippen LogP contribution >= 0.6 is 0 Å². The van der Waals surface area contributed by atoms with E-state index in [9.17, 15) is 4.79 Å². The molecule has 0 radical (unpaired) electrons. The van der Waals surface area contributed by atoms with Crippen LogP contribution in [0.15, 0.2) is 10.6 Å². The Hall–Kier alpha value is -2.18. The largest absolute Gasteiger partial charge is 0.351 e. The first kappa shape index (κ1) is 15.7. The van der Waals surface area contributed by atoms with Gasteiger partial charge in [0.2, 0.25) is 5.76 Å². The van der Waals surface area contributed by atoms with Gasteiger partial charge in [0.15, 0.2) is 5.82 Å². The van der Waals surface area contributed by atoms with Crippen LogP contribution in [0.1, 0.15) is 60.5 Å². The van der Waals surface area contributed by atoms with E-state index in [2.05, 4.69) is 34.2 Å². The molecule has 0 aliphatic carbocycles. The van der Waals surface area contributed by atoms with Gasteiger partial charge in [-0.15, -0.1) is 0 Å². The third kappa shape index (κ3) is 3.60. The van der Waals surface area contributed by atoms with Crippen LogP contribution in [-0.2, 0) is 6.42 Å². The summed E-state index contributed by atoms with van der Waals surface area (Å²) in [6.07, 6.45) is 2.56. The average Bonchev–Trinajstić information content (AvgIpc) is 3.15. The van der Waals surface area contributed by atoms with Gasteiger partial charge in [0.25, 0.3) is 5.91 Å². The summed E-state index contributed by atoms with van der Waals surface area (Å²) in [5.74, 6) is 2.76. The van der Waals surface area contributed by atoms with Gasteiger partial charge in [-0.2, -0.15) is 5.10 Å². The van der Waals surface area contributed by atoms with E-state index in [1.54, 1.807) is 6.07 Å². The summed E-state index contributed by atoms with van der Waals surface area (Å²) in [6, 6.07) is 1.77. The molecule has 0 saturated carbocycles. The zero-order chi connectivity index (χ0) is 16.4. The number of hydrogen-bond acceptors (Lipinski definition) is 5. The van der Waals surface area contributed by atoms with E-state index >= 15 is 0 Å². The summed E-state index contributed by atoms with van der Waals surface area (Å²) in [5, 5.41) is 11.1. The number of hydrogen-bond donors (Lipinski definition) is 1. The van der Waals surface area contributed by atoms with Crippen molar-refractivity contribution < 1.29 is 9.32 Å². The number of nitrogens with zero attached hydrogens (tertiary/aromatic N) is 4. The molecule has 1 N–H and O–H groups in total. The number of aryl methyl sites for hydroxylation is 1. The molecule has 1 saturated heterocycles. The SMILES string of the molecule is Cc1nc(C2CCN(C(=O)c3cc(CC(C)C)no3)CC2)n[nH]1. The molecule has 0 aromatic carbocycles. The van der Waals surface area contributed by atoms with Crippen molar-refractivity contribution in [2.45, 2.75) is 46.0 Å². The lowest BCUT2D eigenvalue weighted by molar-refractivity contribution is 0.0669. The minimum absolute atomic E-state index is 0.0721. The van der Waals surface area contributed by atoms with Crippen LogP contribution in [0.5, 0.6) is 0 Å². The number of likely N-dealkylation sites (tertiary alicyclic amines) is 1. The van der Waals surface area contributed by atoms with Gasteiger partial charge in [-0.3, -0.25) is 9.89 Å². The van der Waals surface area contributed by atoms with Crippen LogP contribution in [0.3, 0.4) is 0 Å². The number of aromatic amines is 1. The molecule has 0 unspecified atom stereocenters. The lowest BCUT2D eigenvalue weighted by atomic mass is 9.96. The molecule has 0 bridgehead atoms. The van der Waals surface area contributed by atoms with E-state index in [0.29, 0.717) is 30.7 Å². The van der Waals surface area contributed by atoms with Crippen molar-refractivity contribution >= 4 is 5.91 Å². The Kier molecular flexibility index (Phi) is 4.45. The molecule has 7 nitrogen and oxygen atoms in total. The minimum atomic E-state index is -0.0721. The first-order chi connectivity index (χ1) is 11.0. The fourth-order valence-corrected chi connectivity index (χ4v) is 2.97. The predicted molar refractivity (Wildman–Crippen MR) is 84.0 cm³/mol. The van der Waals surface area contributed by atoms with E-state index < -0.39 is 0 Å². The van der Waals surface area contributed by atoms with Crippen LogP contribution < -0.4 is 0 Å². The topological polar surface area (TPSA) is 87.9 Å². The number of H-pyrrole nitrogens is 1. The van der Waals surface area contributed by atoms with E-state index in [1.165, 1.54) is 0 Å². The molecular formula is C16H23N5O2. The van der Waals surface area contributed by atoms with Crippen LogP contribution in [0, 0.1) is 12.8 Å².